The summed E-state index contributed by atoms with van der Waals surface area (Å²) in [6.45, 7) is 6.11. The molecule has 0 saturated carbocycles. The number of sulfonamides is 1. The Labute approximate surface area is 125 Å². The molecule has 0 aliphatic carbocycles. The highest BCUT2D eigenvalue weighted by Crippen LogP contribution is 2.14. The first-order valence-corrected chi connectivity index (χ1v) is 8.47. The maximum atomic E-state index is 12.1. The van der Waals surface area contributed by atoms with Crippen molar-refractivity contribution in [1.82, 2.24) is 10.0 Å². The second-order valence-electron chi connectivity index (χ2n) is 5.18. The Kier molecular flexibility index (Phi) is 5.77. The van der Waals surface area contributed by atoms with Crippen molar-refractivity contribution >= 4 is 10.0 Å². The molecule has 2 rings (SSSR count). The summed E-state index contributed by atoms with van der Waals surface area (Å²) in [4.78, 5) is 0. The molecular formula is C13H22N2O5S. The third-order valence-electron chi connectivity index (χ3n) is 2.97. The van der Waals surface area contributed by atoms with E-state index in [2.05, 4.69) is 10.0 Å². The predicted octanol–water partition coefficient (Wildman–Crippen LogP) is 0.471. The van der Waals surface area contributed by atoms with E-state index in [1.807, 2.05) is 13.8 Å². The van der Waals surface area contributed by atoms with Crippen LogP contribution in [-0.4, -0.2) is 46.9 Å². The number of hydrogen-bond donors (Lipinski definition) is 2. The van der Waals surface area contributed by atoms with Gasteiger partial charge in [-0.25, -0.2) is 13.1 Å². The van der Waals surface area contributed by atoms with E-state index in [4.69, 9.17) is 13.9 Å². The summed E-state index contributed by atoms with van der Waals surface area (Å²) >= 11 is 0. The minimum atomic E-state index is -3.66. The molecule has 2 heterocycles. The Morgan fingerprint density at radius 3 is 2.81 bits per heavy atom. The third-order valence-corrected chi connectivity index (χ3v) is 4.27. The van der Waals surface area contributed by atoms with Crippen molar-refractivity contribution < 1.29 is 22.3 Å². The van der Waals surface area contributed by atoms with E-state index in [0.717, 1.165) is 0 Å². The molecule has 120 valence electrons. The largest absolute Gasteiger partial charge is 0.447 e. The average Bonchev–Trinajstić information content (AvgIpc) is 2.94. The Morgan fingerprint density at radius 2 is 2.14 bits per heavy atom. The lowest BCUT2D eigenvalue weighted by Gasteiger charge is -2.22. The van der Waals surface area contributed by atoms with Gasteiger partial charge in [0.2, 0.25) is 5.09 Å². The molecular weight excluding hydrogens is 296 g/mol. The molecule has 1 aromatic rings. The molecule has 0 spiro atoms. The van der Waals surface area contributed by atoms with Crippen molar-refractivity contribution in [3.05, 3.63) is 17.9 Å². The van der Waals surface area contributed by atoms with E-state index in [9.17, 15) is 8.42 Å². The Morgan fingerprint density at radius 1 is 1.33 bits per heavy atom. The topological polar surface area (TPSA) is 89.8 Å². The fraction of sp³-hybridized carbons (Fsp3) is 0.692. The van der Waals surface area contributed by atoms with Crippen LogP contribution in [0.4, 0.5) is 0 Å². The van der Waals surface area contributed by atoms with Crippen molar-refractivity contribution in [3.8, 4) is 0 Å². The van der Waals surface area contributed by atoms with Gasteiger partial charge >= 0.3 is 0 Å². The first-order chi connectivity index (χ1) is 9.97. The van der Waals surface area contributed by atoms with Crippen molar-refractivity contribution in [1.29, 1.82) is 0 Å². The summed E-state index contributed by atoms with van der Waals surface area (Å²) in [5, 5.41) is 3.08. The highest BCUT2D eigenvalue weighted by atomic mass is 32.2. The standard InChI is InChI=1S/C13H22N2O5S/c1-10(2)14-7-11-3-4-13(20-11)21(16,17)15-8-12-9-18-5-6-19-12/h3-4,10,12,14-15H,5-9H2,1-2H3. The zero-order valence-corrected chi connectivity index (χ0v) is 13.1. The second-order valence-corrected chi connectivity index (χ2v) is 6.87. The molecule has 7 nitrogen and oxygen atoms in total. The summed E-state index contributed by atoms with van der Waals surface area (Å²) < 4.78 is 42.6. The highest BCUT2D eigenvalue weighted by Gasteiger charge is 2.22. The second kappa shape index (κ2) is 7.37. The van der Waals surface area contributed by atoms with E-state index < -0.39 is 10.0 Å². The van der Waals surface area contributed by atoms with Gasteiger partial charge in [0.1, 0.15) is 5.76 Å². The van der Waals surface area contributed by atoms with Crippen LogP contribution in [0.25, 0.3) is 0 Å². The minimum Gasteiger partial charge on any atom is -0.447 e. The van der Waals surface area contributed by atoms with Crippen molar-refractivity contribution in [2.75, 3.05) is 26.4 Å². The lowest BCUT2D eigenvalue weighted by Crippen LogP contribution is -2.39. The average molecular weight is 318 g/mol. The molecule has 0 bridgehead atoms. The van der Waals surface area contributed by atoms with Gasteiger partial charge in [-0.1, -0.05) is 13.8 Å². The monoisotopic (exact) mass is 318 g/mol. The zero-order chi connectivity index (χ0) is 15.3. The fourth-order valence-electron chi connectivity index (χ4n) is 1.83. The molecule has 0 amide bonds. The van der Waals surface area contributed by atoms with Gasteiger partial charge in [0.15, 0.2) is 0 Å². The predicted molar refractivity (Wildman–Crippen MR) is 76.4 cm³/mol. The number of ether oxygens (including phenoxy) is 2. The zero-order valence-electron chi connectivity index (χ0n) is 12.3. The smallest absolute Gasteiger partial charge is 0.274 e. The Balaban J connectivity index is 1.89. The molecule has 1 saturated heterocycles. The van der Waals surface area contributed by atoms with Crippen LogP contribution in [0.3, 0.4) is 0 Å². The summed E-state index contributed by atoms with van der Waals surface area (Å²) in [6.07, 6.45) is -0.259. The molecule has 21 heavy (non-hydrogen) atoms. The van der Waals surface area contributed by atoms with Crippen LogP contribution in [0, 0.1) is 0 Å². The summed E-state index contributed by atoms with van der Waals surface area (Å²) in [5.74, 6) is 0.585. The lowest BCUT2D eigenvalue weighted by molar-refractivity contribution is -0.0847. The molecule has 1 atom stereocenters. The quantitative estimate of drug-likeness (QED) is 0.760. The van der Waals surface area contributed by atoms with Gasteiger partial charge in [-0.15, -0.1) is 0 Å². The van der Waals surface area contributed by atoms with Crippen LogP contribution in [0.15, 0.2) is 21.6 Å². The van der Waals surface area contributed by atoms with Gasteiger partial charge in [-0.2, -0.15) is 0 Å². The van der Waals surface area contributed by atoms with E-state index in [1.165, 1.54) is 6.07 Å². The van der Waals surface area contributed by atoms with Gasteiger partial charge in [-0.05, 0) is 12.1 Å². The Bertz CT molecular complexity index is 535. The maximum Gasteiger partial charge on any atom is 0.274 e. The van der Waals surface area contributed by atoms with E-state index in [-0.39, 0.29) is 17.7 Å². The molecule has 1 aromatic heterocycles. The Hall–Kier alpha value is -0.930. The first kappa shape index (κ1) is 16.4. The number of nitrogens with one attached hydrogen (secondary N) is 2. The third kappa shape index (κ3) is 5.08. The van der Waals surface area contributed by atoms with Crippen molar-refractivity contribution in [2.45, 2.75) is 37.6 Å². The lowest BCUT2D eigenvalue weighted by atomic mass is 10.3. The normalized spacial score (nSPS) is 20.0. The molecule has 2 N–H and O–H groups in total. The summed E-state index contributed by atoms with van der Waals surface area (Å²) in [5.41, 5.74) is 0. The number of furan rings is 1. The van der Waals surface area contributed by atoms with E-state index >= 15 is 0 Å². The van der Waals surface area contributed by atoms with Crippen LogP contribution < -0.4 is 10.0 Å². The summed E-state index contributed by atoms with van der Waals surface area (Å²) in [6, 6.07) is 3.42. The molecule has 0 radical (unpaired) electrons. The van der Waals surface area contributed by atoms with Crippen LogP contribution in [-0.2, 0) is 26.0 Å². The van der Waals surface area contributed by atoms with Crippen LogP contribution in [0.2, 0.25) is 0 Å². The van der Waals surface area contributed by atoms with Crippen molar-refractivity contribution in [2.24, 2.45) is 0 Å². The van der Waals surface area contributed by atoms with Gasteiger partial charge in [0, 0.05) is 12.6 Å². The van der Waals surface area contributed by atoms with Gasteiger partial charge in [-0.3, -0.25) is 0 Å². The number of rotatable bonds is 7. The fourth-order valence-corrected chi connectivity index (χ4v) is 2.84. The SMILES string of the molecule is CC(C)NCc1ccc(S(=O)(=O)NCC2COCCO2)o1. The first-order valence-electron chi connectivity index (χ1n) is 6.98. The van der Waals surface area contributed by atoms with Gasteiger partial charge in [0.05, 0.1) is 32.5 Å². The highest BCUT2D eigenvalue weighted by molar-refractivity contribution is 7.89. The minimum absolute atomic E-state index is 0.0835. The molecule has 1 aliphatic rings. The van der Waals surface area contributed by atoms with Gasteiger partial charge < -0.3 is 19.2 Å². The molecule has 1 aliphatic heterocycles. The number of hydrogen-bond acceptors (Lipinski definition) is 6. The maximum absolute atomic E-state index is 12.1. The molecule has 1 unspecified atom stereocenters. The molecule has 8 heteroatoms. The van der Waals surface area contributed by atoms with E-state index in [0.29, 0.717) is 38.2 Å². The van der Waals surface area contributed by atoms with Crippen LogP contribution in [0.1, 0.15) is 19.6 Å². The van der Waals surface area contributed by atoms with Crippen LogP contribution >= 0.6 is 0 Å². The molecule has 0 aromatic carbocycles. The summed E-state index contributed by atoms with van der Waals surface area (Å²) in [7, 11) is -3.66. The van der Waals surface area contributed by atoms with Crippen LogP contribution in [0.5, 0.6) is 0 Å². The van der Waals surface area contributed by atoms with Gasteiger partial charge in [0.25, 0.3) is 10.0 Å². The molecule has 1 fully saturated rings. The van der Waals surface area contributed by atoms with Crippen molar-refractivity contribution in [3.63, 3.8) is 0 Å². The van der Waals surface area contributed by atoms with E-state index in [1.54, 1.807) is 6.07 Å².